The zero-order valence-electron chi connectivity index (χ0n) is 16.6. The Balaban J connectivity index is 1.67. The summed E-state index contributed by atoms with van der Waals surface area (Å²) < 4.78 is 5.40. The van der Waals surface area contributed by atoms with Crippen LogP contribution in [0.3, 0.4) is 0 Å². The minimum atomic E-state index is -0.271. The smallest absolute Gasteiger partial charge is 0.268 e. The van der Waals surface area contributed by atoms with Crippen molar-refractivity contribution in [3.8, 4) is 5.75 Å². The van der Waals surface area contributed by atoms with Crippen LogP contribution in [0.5, 0.6) is 5.75 Å². The van der Waals surface area contributed by atoms with Crippen molar-refractivity contribution in [3.05, 3.63) is 107 Å². The molecule has 0 fully saturated rings. The van der Waals surface area contributed by atoms with Crippen molar-refractivity contribution in [2.75, 3.05) is 7.11 Å². The van der Waals surface area contributed by atoms with E-state index in [-0.39, 0.29) is 18.4 Å². The van der Waals surface area contributed by atoms with E-state index >= 15 is 0 Å². The molecule has 0 unspecified atom stereocenters. The molecule has 4 rings (SSSR count). The van der Waals surface area contributed by atoms with E-state index in [1.807, 2.05) is 84.9 Å². The average Bonchev–Trinajstić information content (AvgIpc) is 3.03. The summed E-state index contributed by atoms with van der Waals surface area (Å²) in [4.78, 5) is 28.4. The Morgan fingerprint density at radius 1 is 0.800 bits per heavy atom. The Bertz CT molecular complexity index is 1090. The molecule has 0 atom stereocenters. The zero-order chi connectivity index (χ0) is 20.9. The van der Waals surface area contributed by atoms with E-state index in [4.69, 9.17) is 4.74 Å². The van der Waals surface area contributed by atoms with Crippen LogP contribution in [0.25, 0.3) is 5.57 Å². The normalized spacial score (nSPS) is 13.8. The van der Waals surface area contributed by atoms with Crippen LogP contribution >= 0.6 is 11.8 Å². The molecule has 4 nitrogen and oxygen atoms in total. The van der Waals surface area contributed by atoms with Crippen molar-refractivity contribution in [3.63, 3.8) is 0 Å². The highest BCUT2D eigenvalue weighted by Gasteiger charge is 2.39. The van der Waals surface area contributed by atoms with Gasteiger partial charge in [-0.3, -0.25) is 14.5 Å². The van der Waals surface area contributed by atoms with Crippen LogP contribution < -0.4 is 4.74 Å². The Kier molecular flexibility index (Phi) is 6.00. The maximum absolute atomic E-state index is 13.3. The second-order valence-corrected chi connectivity index (χ2v) is 7.84. The van der Waals surface area contributed by atoms with Gasteiger partial charge in [0.05, 0.1) is 24.1 Å². The van der Waals surface area contributed by atoms with Crippen LogP contribution in [0.1, 0.15) is 16.7 Å². The van der Waals surface area contributed by atoms with Crippen molar-refractivity contribution < 1.29 is 14.3 Å². The van der Waals surface area contributed by atoms with Crippen LogP contribution in [0.2, 0.25) is 0 Å². The fourth-order valence-electron chi connectivity index (χ4n) is 3.42. The quantitative estimate of drug-likeness (QED) is 0.515. The number of carbonyl (C=O) groups excluding carboxylic acids is 2. The molecule has 0 aliphatic carbocycles. The van der Waals surface area contributed by atoms with Gasteiger partial charge in [-0.1, -0.05) is 78.9 Å². The number of carbonyl (C=O) groups is 2. The molecule has 5 heteroatoms. The Morgan fingerprint density at radius 3 is 2.13 bits per heavy atom. The summed E-state index contributed by atoms with van der Waals surface area (Å²) in [5.74, 6) is 0.747. The largest absolute Gasteiger partial charge is 0.496 e. The number of hydrogen-bond acceptors (Lipinski definition) is 4. The lowest BCUT2D eigenvalue weighted by Gasteiger charge is -2.17. The predicted octanol–water partition coefficient (Wildman–Crippen LogP) is 4.91. The Hall–Kier alpha value is -3.31. The monoisotopic (exact) mass is 415 g/mol. The number of imide groups is 1. The highest BCUT2D eigenvalue weighted by Crippen LogP contribution is 2.38. The molecule has 30 heavy (non-hydrogen) atoms. The number of thioether (sulfide) groups is 1. The van der Waals surface area contributed by atoms with E-state index in [2.05, 4.69) is 0 Å². The van der Waals surface area contributed by atoms with E-state index in [1.165, 1.54) is 16.7 Å². The summed E-state index contributed by atoms with van der Waals surface area (Å²) in [5.41, 5.74) is 3.12. The molecule has 0 spiro atoms. The van der Waals surface area contributed by atoms with Crippen LogP contribution in [-0.2, 0) is 21.9 Å². The first-order chi connectivity index (χ1) is 14.7. The fourth-order valence-corrected chi connectivity index (χ4v) is 4.51. The first-order valence-electron chi connectivity index (χ1n) is 9.63. The van der Waals surface area contributed by atoms with Crippen molar-refractivity contribution in [2.45, 2.75) is 12.3 Å². The molecule has 0 saturated carbocycles. The maximum Gasteiger partial charge on any atom is 0.268 e. The minimum absolute atomic E-state index is 0.174. The Labute approximate surface area is 180 Å². The zero-order valence-corrected chi connectivity index (χ0v) is 17.4. The van der Waals surface area contributed by atoms with Crippen LogP contribution in [0.15, 0.2) is 89.8 Å². The van der Waals surface area contributed by atoms with Gasteiger partial charge in [0.25, 0.3) is 11.8 Å². The van der Waals surface area contributed by atoms with E-state index in [0.717, 1.165) is 16.7 Å². The molecular formula is C25H21NO3S. The third kappa shape index (κ3) is 4.02. The van der Waals surface area contributed by atoms with Gasteiger partial charge in [-0.2, -0.15) is 0 Å². The van der Waals surface area contributed by atoms with Crippen LogP contribution in [0.4, 0.5) is 0 Å². The van der Waals surface area contributed by atoms with Gasteiger partial charge in [-0.05, 0) is 17.2 Å². The van der Waals surface area contributed by atoms with Crippen LogP contribution in [0, 0.1) is 0 Å². The van der Waals surface area contributed by atoms with Crippen molar-refractivity contribution >= 4 is 29.1 Å². The number of methoxy groups -OCH3 is 1. The molecule has 0 saturated heterocycles. The molecule has 150 valence electrons. The summed E-state index contributed by atoms with van der Waals surface area (Å²) in [7, 11) is 1.58. The SMILES string of the molecule is COc1ccccc1CN1C(=O)C(SCc2ccccc2)=C(c2ccccc2)C1=O. The number of hydrogen-bond donors (Lipinski definition) is 0. The molecule has 1 heterocycles. The summed E-state index contributed by atoms with van der Waals surface area (Å²) in [5, 5.41) is 0. The topological polar surface area (TPSA) is 46.6 Å². The molecule has 0 radical (unpaired) electrons. The van der Waals surface area contributed by atoms with Crippen molar-refractivity contribution in [1.82, 2.24) is 4.90 Å². The predicted molar refractivity (Wildman–Crippen MR) is 120 cm³/mol. The van der Waals surface area contributed by atoms with Gasteiger partial charge in [-0.25, -0.2) is 0 Å². The molecule has 3 aromatic rings. The number of benzene rings is 3. The van der Waals surface area contributed by atoms with Gasteiger partial charge in [0.1, 0.15) is 5.75 Å². The van der Waals surface area contributed by atoms with E-state index in [1.54, 1.807) is 7.11 Å². The second kappa shape index (κ2) is 9.01. The van der Waals surface area contributed by atoms with Crippen molar-refractivity contribution in [1.29, 1.82) is 0 Å². The van der Waals surface area contributed by atoms with E-state index in [0.29, 0.717) is 22.0 Å². The maximum atomic E-state index is 13.3. The number of rotatable bonds is 7. The van der Waals surface area contributed by atoms with Gasteiger partial charge >= 0.3 is 0 Å². The van der Waals surface area contributed by atoms with Gasteiger partial charge in [0.2, 0.25) is 0 Å². The number of ether oxygens (including phenoxy) is 1. The molecule has 0 aromatic heterocycles. The molecule has 1 aliphatic rings. The molecule has 3 aromatic carbocycles. The Morgan fingerprint density at radius 2 is 1.43 bits per heavy atom. The number of amides is 2. The summed E-state index contributed by atoms with van der Waals surface area (Å²) >= 11 is 1.41. The van der Waals surface area contributed by atoms with E-state index in [9.17, 15) is 9.59 Å². The molecule has 1 aliphatic heterocycles. The first-order valence-corrected chi connectivity index (χ1v) is 10.6. The first kappa shape index (κ1) is 20.0. The highest BCUT2D eigenvalue weighted by atomic mass is 32.2. The van der Waals surface area contributed by atoms with Gasteiger partial charge in [0, 0.05) is 11.3 Å². The summed E-state index contributed by atoms with van der Waals surface area (Å²) in [6.07, 6.45) is 0. The second-order valence-electron chi connectivity index (χ2n) is 6.85. The standard InChI is InChI=1S/C25H21NO3S/c1-29-21-15-9-8-14-20(21)16-26-24(27)22(19-12-6-3-7-13-19)23(25(26)28)30-17-18-10-4-2-5-11-18/h2-15H,16-17H2,1H3. The lowest BCUT2D eigenvalue weighted by molar-refractivity contribution is -0.137. The number of para-hydroxylation sites is 1. The third-order valence-corrected chi connectivity index (χ3v) is 6.08. The fraction of sp³-hybridized carbons (Fsp3) is 0.120. The molecule has 2 amide bonds. The lowest BCUT2D eigenvalue weighted by atomic mass is 10.1. The molecular weight excluding hydrogens is 394 g/mol. The third-order valence-electron chi connectivity index (χ3n) is 4.93. The average molecular weight is 416 g/mol. The lowest BCUT2D eigenvalue weighted by Crippen LogP contribution is -2.31. The van der Waals surface area contributed by atoms with Gasteiger partial charge in [-0.15, -0.1) is 11.8 Å². The van der Waals surface area contributed by atoms with Crippen LogP contribution in [-0.4, -0.2) is 23.8 Å². The van der Waals surface area contributed by atoms with Gasteiger partial charge in [0.15, 0.2) is 0 Å². The summed E-state index contributed by atoms with van der Waals surface area (Å²) in [6.45, 7) is 0.174. The molecule has 0 N–H and O–H groups in total. The van der Waals surface area contributed by atoms with Gasteiger partial charge < -0.3 is 4.74 Å². The highest BCUT2D eigenvalue weighted by molar-refractivity contribution is 8.03. The van der Waals surface area contributed by atoms with Crippen molar-refractivity contribution in [2.24, 2.45) is 0 Å². The molecule has 0 bridgehead atoms. The minimum Gasteiger partial charge on any atom is -0.496 e. The van der Waals surface area contributed by atoms with E-state index < -0.39 is 0 Å². The number of nitrogens with zero attached hydrogens (tertiary/aromatic N) is 1. The summed E-state index contributed by atoms with van der Waals surface area (Å²) in [6, 6.07) is 26.8.